The number of hydrogen-bond donors (Lipinski definition) is 3. The third-order valence-electron chi connectivity index (χ3n) is 19.4. The standard InChI is InChI=1S/C70H130N10O15SSi/c1-31-49-64(86)74(21)50(32-2)65(87)75(22)52(36-41(5)6)61(83)73-56(44(11)12)68(90)76(23)51(35-40(3)4)60(82)71-48(17)55(81)39-47(16)63(85)77(24)53(37-42(7)8)66(88)78(25)54(38-43(9)10)67(89)79(26)57(45(13)14)69(91)80(27)58(62(84)72-49)59(95-97(29,30)70(18,19)20)46(15)33-34-94-96(28,92)93/h40-54,56-59H,31-39H2,1-30H3,(H,71,82)(H,72,84)(H,73,83)/t46-,47-,48-,49-,50-,51-,52+,53-,54-,56-,57-,58-,59-/m1/s1. The summed E-state index contributed by atoms with van der Waals surface area (Å²) in [5.74, 6) is -10.6. The van der Waals surface area contributed by atoms with Crippen molar-refractivity contribution >= 4 is 83.3 Å². The second-order valence-electron chi connectivity index (χ2n) is 31.4. The molecule has 13 atom stereocenters. The predicted octanol–water partition coefficient (Wildman–Crippen LogP) is 6.57. The average Bonchev–Trinajstić information content (AvgIpc) is 0.791. The zero-order chi connectivity index (χ0) is 75.8. The van der Waals surface area contributed by atoms with Gasteiger partial charge >= 0.3 is 0 Å². The Labute approximate surface area is 584 Å². The van der Waals surface area contributed by atoms with E-state index in [1.165, 1.54) is 90.6 Å². The molecule has 1 saturated heterocycles. The fraction of sp³-hybridized carbons (Fsp3) is 0.843. The summed E-state index contributed by atoms with van der Waals surface area (Å²) in [6.07, 6.45) is -0.00137. The number of nitrogens with zero attached hydrogens (tertiary/aromatic N) is 7. The highest BCUT2D eigenvalue weighted by Gasteiger charge is 2.50. The van der Waals surface area contributed by atoms with Gasteiger partial charge in [-0.3, -0.25) is 56.9 Å². The fourth-order valence-corrected chi connectivity index (χ4v) is 14.0. The summed E-state index contributed by atoms with van der Waals surface area (Å²) in [5, 5.41) is 8.13. The Morgan fingerprint density at radius 3 is 1.29 bits per heavy atom. The molecule has 0 unspecified atom stereocenters. The van der Waals surface area contributed by atoms with E-state index in [1.807, 2.05) is 89.3 Å². The third-order valence-corrected chi connectivity index (χ3v) is 24.5. The normalized spacial score (nSPS) is 26.4. The van der Waals surface area contributed by atoms with E-state index < -0.39 is 179 Å². The summed E-state index contributed by atoms with van der Waals surface area (Å²) in [6, 6.07) is -12.4. The van der Waals surface area contributed by atoms with Crippen molar-refractivity contribution in [1.82, 2.24) is 50.2 Å². The van der Waals surface area contributed by atoms with Gasteiger partial charge in [-0.25, -0.2) is 0 Å². The minimum atomic E-state index is -3.94. The minimum absolute atomic E-state index is 0.0154. The van der Waals surface area contributed by atoms with E-state index in [4.69, 9.17) is 8.61 Å². The number of carbonyl (C=O) groups is 11. The van der Waals surface area contributed by atoms with Crippen LogP contribution >= 0.6 is 0 Å². The van der Waals surface area contributed by atoms with Crippen LogP contribution in [-0.2, 0) is 71.5 Å². The van der Waals surface area contributed by atoms with E-state index in [9.17, 15) is 32.4 Å². The highest BCUT2D eigenvalue weighted by Crippen LogP contribution is 2.40. The van der Waals surface area contributed by atoms with Gasteiger partial charge < -0.3 is 54.7 Å². The van der Waals surface area contributed by atoms with Crippen LogP contribution in [0.2, 0.25) is 18.1 Å². The summed E-state index contributed by atoms with van der Waals surface area (Å²) in [6.45, 7) is 39.7. The van der Waals surface area contributed by atoms with E-state index in [2.05, 4.69) is 16.0 Å². The van der Waals surface area contributed by atoms with Gasteiger partial charge in [0.15, 0.2) is 14.1 Å². The SMILES string of the molecule is CC[C@@H]1C(=O)N(C)[C@@H](CC(C)C)C(=O)N[C@H](C(C)C)C(=O)N(C)[C@H](CC(C)C)C(=O)N[C@H](C)C(=O)C[C@@H](C)C(=O)N(C)[C@H](CC(C)C)C(=O)N(C)[C@H](CC(C)C)C(=O)N(C)[C@H](C(C)C)C(=O)N(C)[C@H]([C@H](O[Si](C)(C)C(C)(C)C)[C@H](C)CCOS(C)(=O)=O)C(=O)N[C@H](CC)C(=O)N1C. The summed E-state index contributed by atoms with van der Waals surface area (Å²) >= 11 is 0. The summed E-state index contributed by atoms with van der Waals surface area (Å²) in [7, 11) is 3.22. The van der Waals surface area contributed by atoms with Crippen molar-refractivity contribution in [2.75, 3.05) is 62.2 Å². The molecule has 0 saturated carbocycles. The first-order valence-electron chi connectivity index (χ1n) is 35.1. The Morgan fingerprint density at radius 1 is 0.485 bits per heavy atom. The van der Waals surface area contributed by atoms with Crippen LogP contribution in [0.3, 0.4) is 0 Å². The number of Topliss-reactive ketones (excluding diaryl/α,β-unsaturated/α-hetero) is 1. The van der Waals surface area contributed by atoms with Gasteiger partial charge in [0.2, 0.25) is 59.1 Å². The van der Waals surface area contributed by atoms with Crippen LogP contribution in [0.15, 0.2) is 0 Å². The van der Waals surface area contributed by atoms with Gasteiger partial charge in [-0.1, -0.05) is 132 Å². The van der Waals surface area contributed by atoms with Gasteiger partial charge in [0, 0.05) is 61.7 Å². The average molecular weight is 1410 g/mol. The van der Waals surface area contributed by atoms with E-state index in [-0.39, 0.29) is 81.6 Å². The number of amides is 10. The van der Waals surface area contributed by atoms with E-state index >= 15 is 28.8 Å². The first-order valence-corrected chi connectivity index (χ1v) is 39.8. The fourth-order valence-electron chi connectivity index (χ4n) is 12.2. The maximum atomic E-state index is 15.9. The molecule has 97 heavy (non-hydrogen) atoms. The molecule has 27 heteroatoms. The zero-order valence-electron chi connectivity index (χ0n) is 65.0. The Morgan fingerprint density at radius 2 is 0.876 bits per heavy atom. The molecule has 0 aliphatic carbocycles. The summed E-state index contributed by atoms with van der Waals surface area (Å²) in [4.78, 5) is 174. The van der Waals surface area contributed by atoms with Crippen molar-refractivity contribution < 1.29 is 69.8 Å². The van der Waals surface area contributed by atoms with E-state index in [0.29, 0.717) is 0 Å². The summed E-state index contributed by atoms with van der Waals surface area (Å²) in [5.41, 5.74) is 0. The number of nitrogens with one attached hydrogen (secondary N) is 3. The quantitative estimate of drug-likeness (QED) is 0.0858. The lowest BCUT2D eigenvalue weighted by Crippen LogP contribution is -2.65. The molecule has 0 radical (unpaired) electrons. The van der Waals surface area contributed by atoms with Gasteiger partial charge in [-0.05, 0) is 111 Å². The van der Waals surface area contributed by atoms with Crippen LogP contribution < -0.4 is 16.0 Å². The molecule has 0 spiro atoms. The number of carbonyl (C=O) groups excluding carboxylic acids is 11. The van der Waals surface area contributed by atoms with Gasteiger partial charge in [0.1, 0.15) is 54.4 Å². The lowest BCUT2D eigenvalue weighted by Gasteiger charge is -2.46. The molecular formula is C70H130N10O15SSi. The number of ketones is 1. The maximum absolute atomic E-state index is 15.9. The van der Waals surface area contributed by atoms with Crippen molar-refractivity contribution in [2.45, 2.75) is 274 Å². The van der Waals surface area contributed by atoms with E-state index in [1.54, 1.807) is 55.4 Å². The van der Waals surface area contributed by atoms with Gasteiger partial charge in [0.05, 0.1) is 25.0 Å². The monoisotopic (exact) mass is 1410 g/mol. The van der Waals surface area contributed by atoms with Crippen LogP contribution in [0.1, 0.15) is 190 Å². The largest absolute Gasteiger partial charge is 0.411 e. The van der Waals surface area contributed by atoms with Crippen LogP contribution in [0.5, 0.6) is 0 Å². The van der Waals surface area contributed by atoms with Crippen molar-refractivity contribution in [1.29, 1.82) is 0 Å². The molecule has 1 aliphatic heterocycles. The molecule has 0 aromatic rings. The van der Waals surface area contributed by atoms with Crippen LogP contribution in [0.25, 0.3) is 0 Å². The molecular weight excluding hydrogens is 1280 g/mol. The smallest absolute Gasteiger partial charge is 0.264 e. The van der Waals surface area contributed by atoms with Gasteiger partial charge in [-0.15, -0.1) is 0 Å². The minimum Gasteiger partial charge on any atom is -0.411 e. The van der Waals surface area contributed by atoms with E-state index in [0.717, 1.165) is 6.26 Å². The Balaban J connectivity index is 4.70. The second kappa shape index (κ2) is 38.3. The van der Waals surface area contributed by atoms with Crippen LogP contribution in [0.4, 0.5) is 0 Å². The molecule has 0 aromatic carbocycles. The molecule has 1 rings (SSSR count). The van der Waals surface area contributed by atoms with Crippen molar-refractivity contribution in [2.24, 2.45) is 47.3 Å². The Hall–Kier alpha value is -5.54. The Bertz CT molecular complexity index is 2810. The van der Waals surface area contributed by atoms with Gasteiger partial charge in [0.25, 0.3) is 10.1 Å². The predicted molar refractivity (Wildman–Crippen MR) is 381 cm³/mol. The molecule has 560 valence electrons. The van der Waals surface area contributed by atoms with Crippen molar-refractivity contribution in [3.05, 3.63) is 0 Å². The molecule has 25 nitrogen and oxygen atoms in total. The number of hydrogen-bond acceptors (Lipinski definition) is 15. The number of likely N-dealkylation sites (N-methyl/N-ethyl adjacent to an activating group) is 7. The molecule has 0 bridgehead atoms. The molecule has 1 aliphatic rings. The topological polar surface area (TPSA) is 299 Å². The molecule has 0 aromatic heterocycles. The second-order valence-corrected chi connectivity index (χ2v) is 37.8. The Kier molecular flexibility index (Phi) is 35.3. The molecule has 3 N–H and O–H groups in total. The van der Waals surface area contributed by atoms with Crippen molar-refractivity contribution in [3.63, 3.8) is 0 Å². The molecule has 1 heterocycles. The zero-order valence-corrected chi connectivity index (χ0v) is 66.8. The number of rotatable bonds is 20. The van der Waals surface area contributed by atoms with Gasteiger partial charge in [-0.2, -0.15) is 8.42 Å². The summed E-state index contributed by atoms with van der Waals surface area (Å²) < 4.78 is 37.2. The lowest BCUT2D eigenvalue weighted by molar-refractivity contribution is -0.157. The first-order chi connectivity index (χ1) is 44.3. The highest BCUT2D eigenvalue weighted by molar-refractivity contribution is 7.86. The maximum Gasteiger partial charge on any atom is 0.264 e. The first kappa shape index (κ1) is 89.5. The van der Waals surface area contributed by atoms with Crippen LogP contribution in [0, 0.1) is 47.3 Å². The van der Waals surface area contributed by atoms with Crippen molar-refractivity contribution in [3.8, 4) is 0 Å². The lowest BCUT2D eigenvalue weighted by atomic mass is 9.91. The molecule has 10 amide bonds. The highest BCUT2D eigenvalue weighted by atomic mass is 32.2. The third kappa shape index (κ3) is 25.2. The van der Waals surface area contributed by atoms with Crippen LogP contribution in [-0.4, -0.2) is 245 Å². The molecule has 1 fully saturated rings.